The van der Waals surface area contributed by atoms with Crippen molar-refractivity contribution in [2.45, 2.75) is 77.5 Å². The Hall–Kier alpha value is -3.47. The van der Waals surface area contributed by atoms with Gasteiger partial charge in [0.25, 0.3) is 0 Å². The van der Waals surface area contributed by atoms with Crippen molar-refractivity contribution < 1.29 is 29.1 Å². The van der Waals surface area contributed by atoms with Crippen molar-refractivity contribution in [1.29, 1.82) is 0 Å². The first-order valence-electron chi connectivity index (χ1n) is 12.0. The van der Waals surface area contributed by atoms with E-state index in [0.29, 0.717) is 12.8 Å². The second-order valence-corrected chi connectivity index (χ2v) is 9.62. The number of nitrogens with one attached hydrogen (secondary N) is 3. The maximum Gasteiger partial charge on any atom is 0.326 e. The Morgan fingerprint density at radius 3 is 1.94 bits per heavy atom. The highest BCUT2D eigenvalue weighted by molar-refractivity contribution is 5.94. The fourth-order valence-electron chi connectivity index (χ4n) is 3.54. The Balaban J connectivity index is 2.92. The van der Waals surface area contributed by atoms with Crippen molar-refractivity contribution in [3.8, 4) is 0 Å². The first-order valence-corrected chi connectivity index (χ1v) is 12.0. The molecule has 0 saturated carbocycles. The minimum atomic E-state index is -1.34. The summed E-state index contributed by atoms with van der Waals surface area (Å²) in [6.45, 7) is 7.16. The number of hydrogen-bond acceptors (Lipinski definition) is 6. The normalized spacial score (nSPS) is 14.4. The lowest BCUT2D eigenvalue weighted by atomic mass is 9.98. The minimum absolute atomic E-state index is 0.0444. The number of carbonyl (C=O) groups excluding carboxylic acids is 4. The van der Waals surface area contributed by atoms with Gasteiger partial charge >= 0.3 is 5.97 Å². The van der Waals surface area contributed by atoms with Crippen LogP contribution >= 0.6 is 0 Å². The van der Waals surface area contributed by atoms with Crippen molar-refractivity contribution in [2.24, 2.45) is 23.3 Å². The van der Waals surface area contributed by atoms with Gasteiger partial charge < -0.3 is 32.5 Å². The molecular weight excluding hydrogens is 466 g/mol. The van der Waals surface area contributed by atoms with Gasteiger partial charge in [0.2, 0.25) is 23.6 Å². The van der Waals surface area contributed by atoms with Gasteiger partial charge in [-0.15, -0.1) is 0 Å². The maximum atomic E-state index is 13.1. The summed E-state index contributed by atoms with van der Waals surface area (Å²) in [5, 5.41) is 17.0. The van der Waals surface area contributed by atoms with Crippen LogP contribution in [0.4, 0.5) is 0 Å². The topological polar surface area (TPSA) is 194 Å². The molecular formula is C25H39N5O6. The van der Waals surface area contributed by atoms with Crippen molar-refractivity contribution >= 4 is 29.6 Å². The van der Waals surface area contributed by atoms with Gasteiger partial charge in [0.1, 0.15) is 18.1 Å². The van der Waals surface area contributed by atoms with Crippen LogP contribution in [0.5, 0.6) is 0 Å². The molecule has 0 radical (unpaired) electrons. The highest BCUT2D eigenvalue weighted by Crippen LogP contribution is 2.10. The van der Waals surface area contributed by atoms with Crippen LogP contribution in [-0.4, -0.2) is 58.9 Å². The molecule has 4 atom stereocenters. The third-order valence-corrected chi connectivity index (χ3v) is 5.52. The van der Waals surface area contributed by atoms with E-state index in [4.69, 9.17) is 11.5 Å². The van der Waals surface area contributed by atoms with Gasteiger partial charge in [-0.3, -0.25) is 19.2 Å². The SMILES string of the molecule is CC(C)CC(NC(=O)C(N)Cc1ccccc1)C(=O)NC(C(=O)NC(CCC(N)=O)C(=O)O)C(C)C. The lowest BCUT2D eigenvalue weighted by molar-refractivity contribution is -0.143. The monoisotopic (exact) mass is 505 g/mol. The average molecular weight is 506 g/mol. The number of aliphatic carboxylic acids is 1. The number of hydrogen-bond donors (Lipinski definition) is 6. The number of amides is 4. The van der Waals surface area contributed by atoms with Crippen molar-refractivity contribution in [3.05, 3.63) is 35.9 Å². The van der Waals surface area contributed by atoms with Crippen LogP contribution in [0.15, 0.2) is 30.3 Å². The van der Waals surface area contributed by atoms with Crippen LogP contribution in [0.25, 0.3) is 0 Å². The molecule has 36 heavy (non-hydrogen) atoms. The van der Waals surface area contributed by atoms with E-state index in [1.54, 1.807) is 13.8 Å². The predicted octanol–water partition coefficient (Wildman–Crippen LogP) is 0.0630. The Morgan fingerprint density at radius 1 is 0.861 bits per heavy atom. The number of primary amides is 1. The highest BCUT2D eigenvalue weighted by Gasteiger charge is 2.32. The number of nitrogens with two attached hydrogens (primary N) is 2. The van der Waals surface area contributed by atoms with E-state index < -0.39 is 59.7 Å². The van der Waals surface area contributed by atoms with Crippen LogP contribution in [-0.2, 0) is 30.4 Å². The largest absolute Gasteiger partial charge is 0.480 e. The number of carboxylic acid groups (broad SMARTS) is 1. The summed E-state index contributed by atoms with van der Waals surface area (Å²) >= 11 is 0. The first-order chi connectivity index (χ1) is 16.8. The smallest absolute Gasteiger partial charge is 0.326 e. The van der Waals surface area contributed by atoms with Gasteiger partial charge in [0.05, 0.1) is 6.04 Å². The van der Waals surface area contributed by atoms with E-state index in [1.165, 1.54) is 0 Å². The summed E-state index contributed by atoms with van der Waals surface area (Å²) in [6, 6.07) is 5.01. The quantitative estimate of drug-likeness (QED) is 0.194. The zero-order valence-electron chi connectivity index (χ0n) is 21.3. The molecule has 4 unspecified atom stereocenters. The van der Waals surface area contributed by atoms with Gasteiger partial charge in [0, 0.05) is 6.42 Å². The van der Waals surface area contributed by atoms with E-state index in [-0.39, 0.29) is 18.8 Å². The summed E-state index contributed by atoms with van der Waals surface area (Å²) in [5.74, 6) is -4.16. The average Bonchev–Trinajstić information content (AvgIpc) is 2.79. The molecule has 0 heterocycles. The summed E-state index contributed by atoms with van der Waals surface area (Å²) in [4.78, 5) is 61.2. The molecule has 1 rings (SSSR count). The lowest BCUT2D eigenvalue weighted by Crippen LogP contribution is -2.58. The van der Waals surface area contributed by atoms with Gasteiger partial charge in [0.15, 0.2) is 0 Å². The molecule has 0 aliphatic heterocycles. The summed E-state index contributed by atoms with van der Waals surface area (Å²) in [6.07, 6.45) is 0.197. The molecule has 11 heteroatoms. The van der Waals surface area contributed by atoms with Crippen LogP contribution in [0.1, 0.15) is 52.5 Å². The standard InChI is InChI=1S/C25H39N5O6/c1-14(2)12-19(29-22(32)17(26)13-16-8-6-5-7-9-16)23(33)30-21(15(3)4)24(34)28-18(25(35)36)10-11-20(27)31/h5-9,14-15,17-19,21H,10-13,26H2,1-4H3,(H2,27,31)(H,28,34)(H,29,32)(H,30,33)(H,35,36). The molecule has 11 nitrogen and oxygen atoms in total. The minimum Gasteiger partial charge on any atom is -0.480 e. The summed E-state index contributed by atoms with van der Waals surface area (Å²) < 4.78 is 0. The van der Waals surface area contributed by atoms with Gasteiger partial charge in [-0.05, 0) is 36.7 Å². The number of carbonyl (C=O) groups is 5. The Kier molecular flexibility index (Phi) is 12.6. The molecule has 200 valence electrons. The lowest BCUT2D eigenvalue weighted by Gasteiger charge is -2.27. The first kappa shape index (κ1) is 30.6. The predicted molar refractivity (Wildman–Crippen MR) is 134 cm³/mol. The fourth-order valence-corrected chi connectivity index (χ4v) is 3.54. The number of rotatable bonds is 15. The second kappa shape index (κ2) is 14.8. The van der Waals surface area contributed by atoms with E-state index in [2.05, 4.69) is 16.0 Å². The molecule has 0 spiro atoms. The van der Waals surface area contributed by atoms with Crippen LogP contribution in [0, 0.1) is 11.8 Å². The zero-order valence-corrected chi connectivity index (χ0v) is 21.3. The summed E-state index contributed by atoms with van der Waals surface area (Å²) in [7, 11) is 0. The Morgan fingerprint density at radius 2 is 1.44 bits per heavy atom. The molecule has 1 aromatic carbocycles. The molecule has 4 amide bonds. The molecule has 0 aliphatic carbocycles. The Labute approximate surface area is 211 Å². The van der Waals surface area contributed by atoms with E-state index in [0.717, 1.165) is 5.56 Å². The second-order valence-electron chi connectivity index (χ2n) is 9.62. The number of benzene rings is 1. The van der Waals surface area contributed by atoms with Crippen molar-refractivity contribution in [2.75, 3.05) is 0 Å². The third kappa shape index (κ3) is 10.9. The van der Waals surface area contributed by atoms with Gasteiger partial charge in [-0.2, -0.15) is 0 Å². The molecule has 0 aliphatic rings. The number of carboxylic acids is 1. The van der Waals surface area contributed by atoms with Crippen LogP contribution < -0.4 is 27.4 Å². The Bertz CT molecular complexity index is 905. The maximum absolute atomic E-state index is 13.1. The molecule has 0 fully saturated rings. The van der Waals surface area contributed by atoms with Crippen LogP contribution in [0.2, 0.25) is 0 Å². The molecule has 1 aromatic rings. The van der Waals surface area contributed by atoms with Crippen LogP contribution in [0.3, 0.4) is 0 Å². The third-order valence-electron chi connectivity index (χ3n) is 5.52. The molecule has 0 aromatic heterocycles. The summed E-state index contributed by atoms with van der Waals surface area (Å²) in [5.41, 5.74) is 12.0. The molecule has 0 bridgehead atoms. The van der Waals surface area contributed by atoms with Crippen molar-refractivity contribution in [1.82, 2.24) is 16.0 Å². The molecule has 8 N–H and O–H groups in total. The molecule has 0 saturated heterocycles. The zero-order chi connectivity index (χ0) is 27.4. The highest BCUT2D eigenvalue weighted by atomic mass is 16.4. The van der Waals surface area contributed by atoms with E-state index >= 15 is 0 Å². The van der Waals surface area contributed by atoms with E-state index in [1.807, 2.05) is 44.2 Å². The van der Waals surface area contributed by atoms with Gasteiger partial charge in [-0.25, -0.2) is 4.79 Å². The van der Waals surface area contributed by atoms with Gasteiger partial charge in [-0.1, -0.05) is 58.0 Å². The van der Waals surface area contributed by atoms with Crippen molar-refractivity contribution in [3.63, 3.8) is 0 Å². The van der Waals surface area contributed by atoms with E-state index in [9.17, 15) is 29.1 Å². The fraction of sp³-hybridized carbons (Fsp3) is 0.560.